The Bertz CT molecular complexity index is 152. The molecule has 1 aliphatic heterocycles. The van der Waals surface area contributed by atoms with E-state index >= 15 is 0 Å². The van der Waals surface area contributed by atoms with Crippen molar-refractivity contribution in [3.63, 3.8) is 0 Å². The van der Waals surface area contributed by atoms with Crippen molar-refractivity contribution in [2.24, 2.45) is 0 Å². The third-order valence-electron chi connectivity index (χ3n) is 2.93. The quantitative estimate of drug-likeness (QED) is 0.676. The summed E-state index contributed by atoms with van der Waals surface area (Å²) in [6, 6.07) is 0.871. The Hall–Kier alpha value is -0.120. The summed E-state index contributed by atoms with van der Waals surface area (Å²) in [6.07, 6.45) is 1.21. The molecule has 1 rings (SSSR count). The Morgan fingerprint density at radius 1 is 1.46 bits per heavy atom. The zero-order valence-corrected chi connectivity index (χ0v) is 9.03. The second-order valence-electron chi connectivity index (χ2n) is 4.23. The minimum absolute atomic E-state index is 0.272. The zero-order valence-electron chi connectivity index (χ0n) is 9.03. The Balaban J connectivity index is 2.52. The molecule has 0 amide bonds. The predicted molar refractivity (Wildman–Crippen MR) is 54.8 cm³/mol. The van der Waals surface area contributed by atoms with Crippen LogP contribution in [0.25, 0.3) is 0 Å². The van der Waals surface area contributed by atoms with Crippen molar-refractivity contribution in [2.45, 2.75) is 32.4 Å². The molecule has 0 radical (unpaired) electrons. The van der Waals surface area contributed by atoms with Gasteiger partial charge < -0.3 is 10.0 Å². The van der Waals surface area contributed by atoms with E-state index < -0.39 is 0 Å². The van der Waals surface area contributed by atoms with Gasteiger partial charge in [-0.05, 0) is 33.9 Å². The van der Waals surface area contributed by atoms with Crippen molar-refractivity contribution in [3.8, 4) is 0 Å². The van der Waals surface area contributed by atoms with Gasteiger partial charge in [0.1, 0.15) is 0 Å². The first-order chi connectivity index (χ1) is 6.15. The number of nitrogens with zero attached hydrogens (tertiary/aromatic N) is 2. The van der Waals surface area contributed by atoms with Crippen LogP contribution >= 0.6 is 0 Å². The van der Waals surface area contributed by atoms with Crippen LogP contribution in [-0.2, 0) is 0 Å². The van der Waals surface area contributed by atoms with E-state index in [0.717, 1.165) is 13.1 Å². The average molecular weight is 186 g/mol. The van der Waals surface area contributed by atoms with Gasteiger partial charge in [-0.15, -0.1) is 0 Å². The second-order valence-corrected chi connectivity index (χ2v) is 4.23. The minimum atomic E-state index is 0.272. The summed E-state index contributed by atoms with van der Waals surface area (Å²) in [6.45, 7) is 8.03. The van der Waals surface area contributed by atoms with Crippen LogP contribution in [0.15, 0.2) is 0 Å². The fraction of sp³-hybridized carbons (Fsp3) is 1.00. The van der Waals surface area contributed by atoms with Crippen molar-refractivity contribution < 1.29 is 5.11 Å². The summed E-state index contributed by atoms with van der Waals surface area (Å²) in [7, 11) is 2.17. The third-order valence-corrected chi connectivity index (χ3v) is 2.93. The van der Waals surface area contributed by atoms with Gasteiger partial charge >= 0.3 is 0 Å². The van der Waals surface area contributed by atoms with Crippen molar-refractivity contribution >= 4 is 0 Å². The topological polar surface area (TPSA) is 26.7 Å². The van der Waals surface area contributed by atoms with Gasteiger partial charge in [-0.1, -0.05) is 0 Å². The molecule has 0 aromatic heterocycles. The monoisotopic (exact) mass is 186 g/mol. The van der Waals surface area contributed by atoms with E-state index in [4.69, 9.17) is 5.11 Å². The molecule has 1 N–H and O–H groups in total. The van der Waals surface area contributed by atoms with Gasteiger partial charge in [-0.3, -0.25) is 4.90 Å². The molecule has 0 spiro atoms. The zero-order chi connectivity index (χ0) is 9.84. The van der Waals surface area contributed by atoms with Gasteiger partial charge in [0, 0.05) is 25.2 Å². The maximum atomic E-state index is 9.11. The molecule has 1 saturated heterocycles. The summed E-state index contributed by atoms with van der Waals surface area (Å²) in [5, 5.41) is 9.11. The van der Waals surface area contributed by atoms with Crippen LogP contribution in [0.4, 0.5) is 0 Å². The molecule has 1 heterocycles. The number of likely N-dealkylation sites (N-methyl/N-ethyl adjacent to an activating group) is 1. The molecule has 0 aromatic carbocycles. The maximum absolute atomic E-state index is 9.11. The van der Waals surface area contributed by atoms with Crippen molar-refractivity contribution in [1.29, 1.82) is 0 Å². The molecule has 1 aliphatic rings. The Morgan fingerprint density at radius 3 is 2.77 bits per heavy atom. The van der Waals surface area contributed by atoms with Gasteiger partial charge in [0.15, 0.2) is 0 Å². The molecule has 78 valence electrons. The predicted octanol–water partition coefficient (Wildman–Crippen LogP) is 0.393. The highest BCUT2D eigenvalue weighted by Crippen LogP contribution is 2.11. The van der Waals surface area contributed by atoms with E-state index in [1.807, 2.05) is 0 Å². The molecule has 1 fully saturated rings. The fourth-order valence-corrected chi connectivity index (χ4v) is 2.15. The van der Waals surface area contributed by atoms with Crippen LogP contribution in [0, 0.1) is 0 Å². The van der Waals surface area contributed by atoms with Crippen LogP contribution in [0.1, 0.15) is 20.3 Å². The van der Waals surface area contributed by atoms with Gasteiger partial charge in [0.2, 0.25) is 0 Å². The molecule has 3 heteroatoms. The highest BCUT2D eigenvalue weighted by Gasteiger charge is 2.22. The normalized spacial score (nSPS) is 30.0. The van der Waals surface area contributed by atoms with E-state index in [2.05, 4.69) is 30.7 Å². The lowest BCUT2D eigenvalue weighted by Gasteiger charge is -2.32. The number of hydrogen-bond donors (Lipinski definition) is 1. The second kappa shape index (κ2) is 4.94. The highest BCUT2D eigenvalue weighted by molar-refractivity contribution is 4.78. The number of rotatable bonds is 2. The van der Waals surface area contributed by atoms with Crippen LogP contribution in [-0.4, -0.2) is 60.3 Å². The minimum Gasteiger partial charge on any atom is -0.395 e. The highest BCUT2D eigenvalue weighted by atomic mass is 16.3. The van der Waals surface area contributed by atoms with Gasteiger partial charge in [0.05, 0.1) is 6.61 Å². The molecule has 13 heavy (non-hydrogen) atoms. The summed E-state index contributed by atoms with van der Waals surface area (Å²) >= 11 is 0. The summed E-state index contributed by atoms with van der Waals surface area (Å²) in [4.78, 5) is 4.78. The molecule has 2 atom stereocenters. The SMILES string of the molecule is CC(CO)N1CCCN(C)C[C@@H]1C. The largest absolute Gasteiger partial charge is 0.395 e. The first-order valence-corrected chi connectivity index (χ1v) is 5.20. The summed E-state index contributed by atoms with van der Waals surface area (Å²) in [5.41, 5.74) is 0. The molecule has 0 aromatic rings. The Labute approximate surface area is 81.3 Å². The number of hydrogen-bond acceptors (Lipinski definition) is 3. The van der Waals surface area contributed by atoms with Crippen molar-refractivity contribution in [3.05, 3.63) is 0 Å². The molecule has 0 aliphatic carbocycles. The first-order valence-electron chi connectivity index (χ1n) is 5.20. The van der Waals surface area contributed by atoms with E-state index in [0.29, 0.717) is 12.1 Å². The average Bonchev–Trinajstić information content (AvgIpc) is 2.25. The van der Waals surface area contributed by atoms with E-state index in [1.54, 1.807) is 0 Å². The van der Waals surface area contributed by atoms with Gasteiger partial charge in [-0.25, -0.2) is 0 Å². The first kappa shape index (κ1) is 11.0. The van der Waals surface area contributed by atoms with Gasteiger partial charge in [-0.2, -0.15) is 0 Å². The Morgan fingerprint density at radius 2 is 2.15 bits per heavy atom. The number of aliphatic hydroxyl groups excluding tert-OH is 1. The molecular weight excluding hydrogens is 164 g/mol. The molecule has 1 unspecified atom stereocenters. The smallest absolute Gasteiger partial charge is 0.0584 e. The summed E-state index contributed by atoms with van der Waals surface area (Å²) < 4.78 is 0. The van der Waals surface area contributed by atoms with Crippen LogP contribution < -0.4 is 0 Å². The molecule has 0 saturated carbocycles. The lowest BCUT2D eigenvalue weighted by molar-refractivity contribution is 0.101. The van der Waals surface area contributed by atoms with Crippen LogP contribution in [0.2, 0.25) is 0 Å². The lowest BCUT2D eigenvalue weighted by atomic mass is 10.2. The number of aliphatic hydroxyl groups is 1. The third kappa shape index (κ3) is 2.93. The van der Waals surface area contributed by atoms with Crippen molar-refractivity contribution in [2.75, 3.05) is 33.3 Å². The maximum Gasteiger partial charge on any atom is 0.0584 e. The fourth-order valence-electron chi connectivity index (χ4n) is 2.15. The van der Waals surface area contributed by atoms with Crippen LogP contribution in [0.3, 0.4) is 0 Å². The molecule has 0 bridgehead atoms. The van der Waals surface area contributed by atoms with Crippen LogP contribution in [0.5, 0.6) is 0 Å². The Kier molecular flexibility index (Phi) is 4.16. The van der Waals surface area contributed by atoms with E-state index in [9.17, 15) is 0 Å². The van der Waals surface area contributed by atoms with E-state index in [-0.39, 0.29) is 6.61 Å². The lowest BCUT2D eigenvalue weighted by Crippen LogP contribution is -2.44. The summed E-state index contributed by atoms with van der Waals surface area (Å²) in [5.74, 6) is 0. The van der Waals surface area contributed by atoms with Crippen molar-refractivity contribution in [1.82, 2.24) is 9.80 Å². The molecule has 3 nitrogen and oxygen atoms in total. The standard InChI is InChI=1S/C10H22N2O/c1-9-7-11(3)5-4-6-12(9)10(2)8-13/h9-10,13H,4-8H2,1-3H3/t9-,10?/m0/s1. The van der Waals surface area contributed by atoms with Gasteiger partial charge in [0.25, 0.3) is 0 Å². The van der Waals surface area contributed by atoms with E-state index in [1.165, 1.54) is 13.0 Å². The molecular formula is C10H22N2O.